The summed E-state index contributed by atoms with van der Waals surface area (Å²) in [5, 5.41) is 3.65. The fraction of sp³-hybridized carbons (Fsp3) is 0.458. The maximum absolute atomic E-state index is 14.0. The highest BCUT2D eigenvalue weighted by atomic mass is 35.5. The summed E-state index contributed by atoms with van der Waals surface area (Å²) in [6, 6.07) is 13.8. The fourth-order valence-corrected chi connectivity index (χ4v) is 6.24. The number of rotatable bonds is 8. The molecule has 0 unspecified atom stereocenters. The number of amides is 1. The topological polar surface area (TPSA) is 73.0 Å². The molecule has 2 heterocycles. The second kappa shape index (κ2) is 11.1. The summed E-state index contributed by atoms with van der Waals surface area (Å²) in [6.07, 6.45) is 0.679. The van der Waals surface area contributed by atoms with Gasteiger partial charge in [0.25, 0.3) is 0 Å². The molecule has 4 rings (SSSR count). The van der Waals surface area contributed by atoms with Crippen LogP contribution in [0.25, 0.3) is 0 Å². The number of sulfonamides is 1. The van der Waals surface area contributed by atoms with Crippen molar-refractivity contribution in [1.82, 2.24) is 19.4 Å². The summed E-state index contributed by atoms with van der Waals surface area (Å²) in [5.41, 5.74) is 1.25. The molecule has 1 amide bonds. The molecule has 10 heteroatoms. The molecule has 0 spiro atoms. The van der Waals surface area contributed by atoms with Crippen molar-refractivity contribution in [2.75, 3.05) is 45.8 Å². The van der Waals surface area contributed by atoms with Crippen LogP contribution in [-0.4, -0.2) is 80.3 Å². The molecule has 1 N–H and O–H groups in total. The zero-order chi connectivity index (χ0) is 24.1. The van der Waals surface area contributed by atoms with Crippen LogP contribution in [-0.2, 0) is 27.1 Å². The number of hydrogen-bond acceptors (Lipinski definition) is 5. The molecule has 2 aliphatic rings. The number of hydrogen-bond donors (Lipinski definition) is 1. The van der Waals surface area contributed by atoms with Crippen molar-refractivity contribution in [2.24, 2.45) is 0 Å². The predicted molar refractivity (Wildman–Crippen MR) is 130 cm³/mol. The summed E-state index contributed by atoms with van der Waals surface area (Å²) in [6.45, 7) is 3.84. The molecule has 2 saturated heterocycles. The van der Waals surface area contributed by atoms with E-state index in [0.717, 1.165) is 5.56 Å². The molecular formula is C24H30ClFN4O3S. The molecule has 1 atom stereocenters. The number of carbonyl (C=O) groups excluding carboxylic acids is 1. The molecule has 0 radical (unpaired) electrons. The van der Waals surface area contributed by atoms with Crippen LogP contribution in [0.3, 0.4) is 0 Å². The lowest BCUT2D eigenvalue weighted by Gasteiger charge is -2.35. The molecule has 2 aromatic carbocycles. The zero-order valence-corrected chi connectivity index (χ0v) is 20.6. The predicted octanol–water partition coefficient (Wildman–Crippen LogP) is 2.32. The van der Waals surface area contributed by atoms with E-state index in [1.165, 1.54) is 10.4 Å². The van der Waals surface area contributed by atoms with Crippen molar-refractivity contribution in [3.8, 4) is 0 Å². The van der Waals surface area contributed by atoms with Gasteiger partial charge in [-0.05, 0) is 24.1 Å². The molecule has 0 aliphatic carbocycles. The number of nitrogens with one attached hydrogen (secondary N) is 1. The van der Waals surface area contributed by atoms with Crippen molar-refractivity contribution in [3.63, 3.8) is 0 Å². The lowest BCUT2D eigenvalue weighted by Crippen LogP contribution is -2.51. The molecule has 7 nitrogen and oxygen atoms in total. The third-order valence-electron chi connectivity index (χ3n) is 6.45. The van der Waals surface area contributed by atoms with Crippen molar-refractivity contribution in [2.45, 2.75) is 24.8 Å². The van der Waals surface area contributed by atoms with Gasteiger partial charge in [0.1, 0.15) is 5.82 Å². The summed E-state index contributed by atoms with van der Waals surface area (Å²) < 4.78 is 41.0. The molecule has 0 saturated carbocycles. The summed E-state index contributed by atoms with van der Waals surface area (Å²) >= 11 is 6.13. The molecular weight excluding hydrogens is 479 g/mol. The maximum Gasteiger partial charge on any atom is 0.236 e. The Morgan fingerprint density at radius 3 is 2.47 bits per heavy atom. The molecule has 34 heavy (non-hydrogen) atoms. The third-order valence-corrected chi connectivity index (χ3v) is 8.62. The molecule has 184 valence electrons. The van der Waals surface area contributed by atoms with Gasteiger partial charge in [-0.15, -0.1) is 0 Å². The van der Waals surface area contributed by atoms with Crippen LogP contribution in [0.15, 0.2) is 48.5 Å². The summed E-state index contributed by atoms with van der Waals surface area (Å²) in [5.74, 6) is -0.331. The van der Waals surface area contributed by atoms with E-state index < -0.39 is 10.0 Å². The Kier molecular flexibility index (Phi) is 8.21. The highest BCUT2D eigenvalue weighted by molar-refractivity contribution is 7.88. The van der Waals surface area contributed by atoms with Gasteiger partial charge in [0, 0.05) is 62.4 Å². The standard InChI is InChI=1S/C24H30ClFN4O3S/c25-22-7-4-8-23(26)21(22)17-28-11-13-29(14-12-28)24(31)15-27-20-9-10-30(16-20)34(32,33)18-19-5-2-1-3-6-19/h1-8,20,27H,9-18H2/t20-/m0/s1. The van der Waals surface area contributed by atoms with Crippen LogP contribution in [0.1, 0.15) is 17.5 Å². The smallest absolute Gasteiger partial charge is 0.236 e. The van der Waals surface area contributed by atoms with Crippen LogP contribution in [0, 0.1) is 5.82 Å². The molecule has 0 aromatic heterocycles. The minimum absolute atomic E-state index is 0.00540. The summed E-state index contributed by atoms with van der Waals surface area (Å²) in [7, 11) is -3.39. The van der Waals surface area contributed by atoms with Crippen LogP contribution < -0.4 is 5.32 Å². The Balaban J connectivity index is 1.20. The van der Waals surface area contributed by atoms with Crippen molar-refractivity contribution in [3.05, 3.63) is 70.5 Å². The Morgan fingerprint density at radius 1 is 1.03 bits per heavy atom. The minimum atomic E-state index is -3.39. The largest absolute Gasteiger partial charge is 0.339 e. The van der Waals surface area contributed by atoms with E-state index in [1.807, 2.05) is 30.3 Å². The number of carbonyl (C=O) groups is 1. The van der Waals surface area contributed by atoms with Gasteiger partial charge < -0.3 is 10.2 Å². The van der Waals surface area contributed by atoms with E-state index in [4.69, 9.17) is 11.6 Å². The molecule has 2 aromatic rings. The summed E-state index contributed by atoms with van der Waals surface area (Å²) in [4.78, 5) is 16.6. The Morgan fingerprint density at radius 2 is 1.76 bits per heavy atom. The Bertz CT molecular complexity index is 1070. The molecule has 2 aliphatic heterocycles. The molecule has 2 fully saturated rings. The van der Waals surface area contributed by atoms with E-state index in [-0.39, 0.29) is 30.1 Å². The Hall–Kier alpha value is -2.04. The van der Waals surface area contributed by atoms with Crippen LogP contribution in [0.2, 0.25) is 5.02 Å². The van der Waals surface area contributed by atoms with Gasteiger partial charge in [0.05, 0.1) is 12.3 Å². The van der Waals surface area contributed by atoms with Gasteiger partial charge in [0.2, 0.25) is 15.9 Å². The van der Waals surface area contributed by atoms with Crippen molar-refractivity contribution in [1.29, 1.82) is 0 Å². The first-order valence-corrected chi connectivity index (χ1v) is 13.5. The maximum atomic E-state index is 14.0. The number of halogens is 2. The highest BCUT2D eigenvalue weighted by Gasteiger charge is 2.32. The van der Waals surface area contributed by atoms with E-state index in [0.29, 0.717) is 62.8 Å². The van der Waals surface area contributed by atoms with Crippen molar-refractivity contribution >= 4 is 27.5 Å². The highest BCUT2D eigenvalue weighted by Crippen LogP contribution is 2.21. The normalized spacial score (nSPS) is 20.1. The first kappa shape index (κ1) is 25.1. The van der Waals surface area contributed by atoms with Gasteiger partial charge in [-0.25, -0.2) is 17.1 Å². The minimum Gasteiger partial charge on any atom is -0.339 e. The Labute approximate surface area is 205 Å². The molecule has 0 bridgehead atoms. The first-order valence-electron chi connectivity index (χ1n) is 11.5. The average molecular weight is 509 g/mol. The monoisotopic (exact) mass is 508 g/mol. The van der Waals surface area contributed by atoms with Gasteiger partial charge in [-0.3, -0.25) is 9.69 Å². The zero-order valence-electron chi connectivity index (χ0n) is 19.0. The van der Waals surface area contributed by atoms with Crippen molar-refractivity contribution < 1.29 is 17.6 Å². The van der Waals surface area contributed by atoms with Gasteiger partial charge >= 0.3 is 0 Å². The third kappa shape index (κ3) is 6.34. The van der Waals surface area contributed by atoms with Gasteiger partial charge in [-0.1, -0.05) is 48.0 Å². The number of benzene rings is 2. The number of piperazine rings is 1. The second-order valence-corrected chi connectivity index (χ2v) is 11.2. The van der Waals surface area contributed by atoms with Gasteiger partial charge in [-0.2, -0.15) is 0 Å². The van der Waals surface area contributed by atoms with E-state index in [9.17, 15) is 17.6 Å². The quantitative estimate of drug-likeness (QED) is 0.592. The van der Waals surface area contributed by atoms with Crippen LogP contribution in [0.5, 0.6) is 0 Å². The average Bonchev–Trinajstić information content (AvgIpc) is 3.31. The fourth-order valence-electron chi connectivity index (χ4n) is 4.43. The van der Waals surface area contributed by atoms with E-state index in [2.05, 4.69) is 10.2 Å². The lowest BCUT2D eigenvalue weighted by molar-refractivity contribution is -0.132. The first-order chi connectivity index (χ1) is 16.3. The van der Waals surface area contributed by atoms with Gasteiger partial charge in [0.15, 0.2) is 0 Å². The van der Waals surface area contributed by atoms with E-state index >= 15 is 0 Å². The van der Waals surface area contributed by atoms with Crippen LogP contribution in [0.4, 0.5) is 4.39 Å². The van der Waals surface area contributed by atoms with E-state index in [1.54, 1.807) is 17.0 Å². The van der Waals surface area contributed by atoms with Crippen LogP contribution >= 0.6 is 11.6 Å². The number of nitrogens with zero attached hydrogens (tertiary/aromatic N) is 3. The lowest BCUT2D eigenvalue weighted by atomic mass is 10.2. The second-order valence-electron chi connectivity index (χ2n) is 8.82. The SMILES string of the molecule is O=C(CN[C@H]1CCN(S(=O)(=O)Cc2ccccc2)C1)N1CCN(Cc2c(F)cccc2Cl)CC1.